The molecule has 0 saturated carbocycles. The van der Waals surface area contributed by atoms with Gasteiger partial charge in [-0.1, -0.05) is 12.1 Å². The van der Waals surface area contributed by atoms with Gasteiger partial charge in [0.05, 0.1) is 24.5 Å². The summed E-state index contributed by atoms with van der Waals surface area (Å²) in [5.74, 6) is 1.04. The number of amides is 1. The van der Waals surface area contributed by atoms with Crippen molar-refractivity contribution in [1.82, 2.24) is 4.98 Å². The first-order valence-electron chi connectivity index (χ1n) is 8.28. The monoisotopic (exact) mass is 336 g/mol. The number of para-hydroxylation sites is 1. The van der Waals surface area contributed by atoms with Gasteiger partial charge in [-0.3, -0.25) is 9.78 Å². The molecule has 3 aromatic rings. The Morgan fingerprint density at radius 1 is 0.960 bits per heavy atom. The molecule has 1 amide bonds. The molecule has 25 heavy (non-hydrogen) atoms. The molecule has 2 aromatic carbocycles. The third kappa shape index (κ3) is 3.55. The summed E-state index contributed by atoms with van der Waals surface area (Å²) in [6.07, 6.45) is 1.71. The zero-order valence-electron chi connectivity index (χ0n) is 14.3. The Bertz CT molecular complexity index is 893. The highest BCUT2D eigenvalue weighted by Gasteiger charge is 2.15. The van der Waals surface area contributed by atoms with Gasteiger partial charge in [0.25, 0.3) is 5.91 Å². The summed E-state index contributed by atoms with van der Waals surface area (Å²) in [5.41, 5.74) is 1.90. The molecule has 1 N–H and O–H groups in total. The summed E-state index contributed by atoms with van der Waals surface area (Å²) in [6.45, 7) is 4.87. The fourth-order valence-electron chi connectivity index (χ4n) is 2.65. The van der Waals surface area contributed by atoms with Crippen LogP contribution in [-0.4, -0.2) is 24.1 Å². The summed E-state index contributed by atoms with van der Waals surface area (Å²) in [7, 11) is 0. The molecule has 0 radical (unpaired) electrons. The second-order valence-corrected chi connectivity index (χ2v) is 5.33. The van der Waals surface area contributed by atoms with Crippen LogP contribution in [0.25, 0.3) is 10.9 Å². The average Bonchev–Trinajstić information content (AvgIpc) is 2.64. The van der Waals surface area contributed by atoms with Crippen molar-refractivity contribution in [2.75, 3.05) is 18.5 Å². The molecule has 0 saturated heterocycles. The van der Waals surface area contributed by atoms with Crippen LogP contribution < -0.4 is 14.8 Å². The molecule has 0 aliphatic rings. The lowest BCUT2D eigenvalue weighted by Crippen LogP contribution is -2.14. The van der Waals surface area contributed by atoms with Crippen LogP contribution in [0, 0.1) is 0 Å². The number of pyridine rings is 1. The molecule has 0 unspecified atom stereocenters. The van der Waals surface area contributed by atoms with Gasteiger partial charge in [0, 0.05) is 11.6 Å². The van der Waals surface area contributed by atoms with Crippen molar-refractivity contribution in [3.8, 4) is 11.5 Å². The summed E-state index contributed by atoms with van der Waals surface area (Å²) in [4.78, 5) is 17.1. The van der Waals surface area contributed by atoms with E-state index in [0.717, 1.165) is 10.9 Å². The van der Waals surface area contributed by atoms with Crippen LogP contribution in [0.15, 0.2) is 54.7 Å². The lowest BCUT2D eigenvalue weighted by Gasteiger charge is -2.13. The molecule has 0 aliphatic carbocycles. The number of nitrogens with one attached hydrogen (secondary N) is 1. The number of hydrogen-bond acceptors (Lipinski definition) is 4. The number of fused-ring (bicyclic) bond motifs is 1. The van der Waals surface area contributed by atoms with Crippen molar-refractivity contribution in [2.45, 2.75) is 13.8 Å². The van der Waals surface area contributed by atoms with Gasteiger partial charge in [-0.2, -0.15) is 0 Å². The van der Waals surface area contributed by atoms with Gasteiger partial charge in [0.15, 0.2) is 0 Å². The largest absolute Gasteiger partial charge is 0.493 e. The highest BCUT2D eigenvalue weighted by molar-refractivity contribution is 6.10. The minimum Gasteiger partial charge on any atom is -0.493 e. The van der Waals surface area contributed by atoms with Crippen LogP contribution in [0.4, 0.5) is 5.69 Å². The molecule has 0 aliphatic heterocycles. The second kappa shape index (κ2) is 7.66. The third-order valence-electron chi connectivity index (χ3n) is 3.71. The summed E-state index contributed by atoms with van der Waals surface area (Å²) in [6, 6.07) is 14.6. The fraction of sp³-hybridized carbons (Fsp3) is 0.200. The maximum atomic E-state index is 12.7. The molecule has 5 nitrogen and oxygen atoms in total. The number of nitrogens with zero attached hydrogens (tertiary/aromatic N) is 1. The van der Waals surface area contributed by atoms with Crippen molar-refractivity contribution in [3.05, 3.63) is 60.3 Å². The average molecular weight is 336 g/mol. The number of benzene rings is 2. The lowest BCUT2D eigenvalue weighted by atomic mass is 10.1. The SMILES string of the molecule is CCOc1ccccc1C(=O)Nc1ccc(OCC)c2ncccc12. The number of ether oxygens (including phenoxy) is 2. The van der Waals surface area contributed by atoms with Gasteiger partial charge >= 0.3 is 0 Å². The summed E-state index contributed by atoms with van der Waals surface area (Å²) >= 11 is 0. The van der Waals surface area contributed by atoms with Gasteiger partial charge in [-0.15, -0.1) is 0 Å². The van der Waals surface area contributed by atoms with Gasteiger partial charge in [0.2, 0.25) is 0 Å². The Morgan fingerprint density at radius 2 is 1.72 bits per heavy atom. The van der Waals surface area contributed by atoms with Gasteiger partial charge in [-0.25, -0.2) is 0 Å². The quantitative estimate of drug-likeness (QED) is 0.730. The van der Waals surface area contributed by atoms with Gasteiger partial charge in [-0.05, 0) is 50.2 Å². The van der Waals surface area contributed by atoms with E-state index in [0.29, 0.717) is 36.0 Å². The summed E-state index contributed by atoms with van der Waals surface area (Å²) < 4.78 is 11.2. The summed E-state index contributed by atoms with van der Waals surface area (Å²) in [5, 5.41) is 3.78. The van der Waals surface area contributed by atoms with Crippen LogP contribution in [0.5, 0.6) is 11.5 Å². The molecule has 1 heterocycles. The van der Waals surface area contributed by atoms with E-state index in [-0.39, 0.29) is 5.91 Å². The molecule has 5 heteroatoms. The Hall–Kier alpha value is -3.08. The maximum Gasteiger partial charge on any atom is 0.259 e. The molecule has 0 atom stereocenters. The minimum atomic E-state index is -0.224. The first kappa shape index (κ1) is 16.8. The Morgan fingerprint density at radius 3 is 2.52 bits per heavy atom. The number of rotatable bonds is 6. The highest BCUT2D eigenvalue weighted by Crippen LogP contribution is 2.30. The lowest BCUT2D eigenvalue weighted by molar-refractivity contribution is 0.102. The van der Waals surface area contributed by atoms with Crippen LogP contribution >= 0.6 is 0 Å². The maximum absolute atomic E-state index is 12.7. The van der Waals surface area contributed by atoms with Crippen LogP contribution in [0.2, 0.25) is 0 Å². The Balaban J connectivity index is 1.96. The van der Waals surface area contributed by atoms with Crippen LogP contribution in [0.3, 0.4) is 0 Å². The molecule has 0 bridgehead atoms. The molecule has 3 rings (SSSR count). The molecule has 0 fully saturated rings. The van der Waals surface area contributed by atoms with E-state index in [1.54, 1.807) is 18.3 Å². The van der Waals surface area contributed by atoms with E-state index in [9.17, 15) is 4.79 Å². The zero-order valence-corrected chi connectivity index (χ0v) is 14.3. The number of aromatic nitrogens is 1. The van der Waals surface area contributed by atoms with Crippen molar-refractivity contribution in [3.63, 3.8) is 0 Å². The zero-order chi connectivity index (χ0) is 17.6. The first-order valence-corrected chi connectivity index (χ1v) is 8.28. The molecular weight excluding hydrogens is 316 g/mol. The van der Waals surface area contributed by atoms with E-state index in [2.05, 4.69) is 10.3 Å². The van der Waals surface area contributed by atoms with E-state index in [1.807, 2.05) is 50.2 Å². The molecular formula is C20H20N2O3. The van der Waals surface area contributed by atoms with Crippen LogP contribution in [-0.2, 0) is 0 Å². The molecule has 0 spiro atoms. The number of hydrogen-bond donors (Lipinski definition) is 1. The van der Waals surface area contributed by atoms with Gasteiger partial charge in [0.1, 0.15) is 17.0 Å². The van der Waals surface area contributed by atoms with Crippen LogP contribution in [0.1, 0.15) is 24.2 Å². The third-order valence-corrected chi connectivity index (χ3v) is 3.71. The Kier molecular flexibility index (Phi) is 5.14. The topological polar surface area (TPSA) is 60.5 Å². The predicted octanol–water partition coefficient (Wildman–Crippen LogP) is 4.28. The number of carbonyl (C=O) groups is 1. The van der Waals surface area contributed by atoms with Gasteiger partial charge < -0.3 is 14.8 Å². The minimum absolute atomic E-state index is 0.224. The Labute approximate surface area is 146 Å². The number of carbonyl (C=O) groups excluding carboxylic acids is 1. The van der Waals surface area contributed by atoms with Crippen molar-refractivity contribution < 1.29 is 14.3 Å². The fourth-order valence-corrected chi connectivity index (χ4v) is 2.65. The first-order chi connectivity index (χ1) is 12.2. The van der Waals surface area contributed by atoms with Crippen molar-refractivity contribution in [2.24, 2.45) is 0 Å². The molecule has 128 valence electrons. The van der Waals surface area contributed by atoms with Crippen molar-refractivity contribution in [1.29, 1.82) is 0 Å². The molecule has 1 aromatic heterocycles. The van der Waals surface area contributed by atoms with E-state index >= 15 is 0 Å². The smallest absolute Gasteiger partial charge is 0.259 e. The van der Waals surface area contributed by atoms with E-state index in [1.165, 1.54) is 0 Å². The predicted molar refractivity (Wildman–Crippen MR) is 98.5 cm³/mol. The standard InChI is InChI=1S/C20H20N2O3/c1-3-24-17-10-6-5-8-15(17)20(23)22-16-11-12-18(25-4-2)19-14(16)9-7-13-21-19/h5-13H,3-4H2,1-2H3,(H,22,23). The number of anilines is 1. The van der Waals surface area contributed by atoms with Crippen molar-refractivity contribution >= 4 is 22.5 Å². The normalized spacial score (nSPS) is 10.5. The van der Waals surface area contributed by atoms with E-state index in [4.69, 9.17) is 9.47 Å². The highest BCUT2D eigenvalue weighted by atomic mass is 16.5. The second-order valence-electron chi connectivity index (χ2n) is 5.33. The van der Waals surface area contributed by atoms with E-state index < -0.39 is 0 Å².